The Morgan fingerprint density at radius 3 is 2.61 bits per heavy atom. The van der Waals surface area contributed by atoms with E-state index in [2.05, 4.69) is 33.4 Å². The molecule has 1 aromatic heterocycles. The number of aliphatic hydroxyl groups is 1. The first-order valence-corrected chi connectivity index (χ1v) is 10.5. The second kappa shape index (κ2) is 10.8. The maximum Gasteiger partial charge on any atom is 0.161 e. The fourth-order valence-electron chi connectivity index (χ4n) is 3.48. The molecule has 0 radical (unpaired) electrons. The summed E-state index contributed by atoms with van der Waals surface area (Å²) in [5, 5.41) is 12.8. The van der Waals surface area contributed by atoms with Crippen molar-refractivity contribution in [1.29, 1.82) is 0 Å². The Bertz CT molecular complexity index is 704. The SMILES string of the molecule is COc1ccc(CN(Cc2cccs2)C[C@@H](O)CN2CCOCC2)cc1OC. The van der Waals surface area contributed by atoms with E-state index in [1.54, 1.807) is 25.6 Å². The van der Waals surface area contributed by atoms with Gasteiger partial charge in [0.05, 0.1) is 33.5 Å². The highest BCUT2D eigenvalue weighted by Gasteiger charge is 2.19. The van der Waals surface area contributed by atoms with Gasteiger partial charge in [0.25, 0.3) is 0 Å². The molecule has 0 bridgehead atoms. The number of β-amino-alcohol motifs (C(OH)–C–C–N with tert-alkyl or cyclic N) is 1. The Labute approximate surface area is 171 Å². The number of methoxy groups -OCH3 is 2. The molecule has 0 spiro atoms. The highest BCUT2D eigenvalue weighted by Crippen LogP contribution is 2.28. The van der Waals surface area contributed by atoms with E-state index in [-0.39, 0.29) is 0 Å². The van der Waals surface area contributed by atoms with Crippen molar-refractivity contribution in [2.75, 3.05) is 53.6 Å². The lowest BCUT2D eigenvalue weighted by molar-refractivity contribution is 0.00564. The molecule has 1 saturated heterocycles. The average molecular weight is 407 g/mol. The molecule has 7 heteroatoms. The molecule has 1 fully saturated rings. The standard InChI is InChI=1S/C21H30N2O4S/c1-25-20-6-5-17(12-21(20)26-2)13-23(16-19-4-3-11-28-19)15-18(24)14-22-7-9-27-10-8-22/h3-6,11-12,18,24H,7-10,13-16H2,1-2H3/t18-/m0/s1. The van der Waals surface area contributed by atoms with Gasteiger partial charge in [-0.25, -0.2) is 0 Å². The Kier molecular flexibility index (Phi) is 8.12. The summed E-state index contributed by atoms with van der Waals surface area (Å²) in [5.41, 5.74) is 1.13. The van der Waals surface area contributed by atoms with Gasteiger partial charge in [-0.2, -0.15) is 0 Å². The average Bonchev–Trinajstić information content (AvgIpc) is 3.21. The molecule has 1 aromatic carbocycles. The van der Waals surface area contributed by atoms with E-state index in [1.165, 1.54) is 4.88 Å². The minimum Gasteiger partial charge on any atom is -0.493 e. The van der Waals surface area contributed by atoms with Crippen LogP contribution in [-0.4, -0.2) is 74.6 Å². The highest BCUT2D eigenvalue weighted by atomic mass is 32.1. The normalized spacial score (nSPS) is 16.3. The summed E-state index contributed by atoms with van der Waals surface area (Å²) in [5.74, 6) is 1.45. The van der Waals surface area contributed by atoms with Gasteiger partial charge in [0.15, 0.2) is 11.5 Å². The third-order valence-electron chi connectivity index (χ3n) is 4.86. The summed E-state index contributed by atoms with van der Waals surface area (Å²) in [6.07, 6.45) is -0.404. The molecule has 0 saturated carbocycles. The van der Waals surface area contributed by atoms with Crippen LogP contribution in [0.2, 0.25) is 0 Å². The summed E-state index contributed by atoms with van der Waals surface area (Å²) in [6, 6.07) is 10.2. The van der Waals surface area contributed by atoms with E-state index < -0.39 is 6.10 Å². The summed E-state index contributed by atoms with van der Waals surface area (Å²) < 4.78 is 16.2. The number of morpholine rings is 1. The first kappa shape index (κ1) is 21.1. The van der Waals surface area contributed by atoms with Gasteiger partial charge in [0.2, 0.25) is 0 Å². The molecule has 0 unspecified atom stereocenters. The molecule has 1 atom stereocenters. The lowest BCUT2D eigenvalue weighted by Gasteiger charge is -2.31. The minimum atomic E-state index is -0.404. The molecule has 3 rings (SSSR count). The van der Waals surface area contributed by atoms with Crippen LogP contribution >= 0.6 is 11.3 Å². The van der Waals surface area contributed by atoms with Gasteiger partial charge >= 0.3 is 0 Å². The number of hydrogen-bond donors (Lipinski definition) is 1. The van der Waals surface area contributed by atoms with Crippen LogP contribution in [0.15, 0.2) is 35.7 Å². The van der Waals surface area contributed by atoms with Crippen LogP contribution in [0.3, 0.4) is 0 Å². The Morgan fingerprint density at radius 2 is 1.93 bits per heavy atom. The number of ether oxygens (including phenoxy) is 3. The third kappa shape index (κ3) is 6.18. The van der Waals surface area contributed by atoms with Gasteiger partial charge in [-0.1, -0.05) is 12.1 Å². The van der Waals surface area contributed by atoms with E-state index >= 15 is 0 Å². The molecule has 1 N–H and O–H groups in total. The molecule has 154 valence electrons. The topological polar surface area (TPSA) is 54.4 Å². The maximum atomic E-state index is 10.7. The van der Waals surface area contributed by atoms with Crippen molar-refractivity contribution < 1.29 is 19.3 Å². The van der Waals surface area contributed by atoms with Crippen molar-refractivity contribution in [2.24, 2.45) is 0 Å². The lowest BCUT2D eigenvalue weighted by Crippen LogP contribution is -2.44. The number of thiophene rings is 1. The van der Waals surface area contributed by atoms with Gasteiger partial charge < -0.3 is 19.3 Å². The number of rotatable bonds is 10. The molecule has 1 aliphatic rings. The van der Waals surface area contributed by atoms with Gasteiger partial charge in [-0.3, -0.25) is 9.80 Å². The van der Waals surface area contributed by atoms with Crippen LogP contribution < -0.4 is 9.47 Å². The Balaban J connectivity index is 1.66. The zero-order valence-corrected chi connectivity index (χ0v) is 17.5. The van der Waals surface area contributed by atoms with Crippen LogP contribution in [0.4, 0.5) is 0 Å². The molecule has 1 aliphatic heterocycles. The van der Waals surface area contributed by atoms with Crippen molar-refractivity contribution in [3.8, 4) is 11.5 Å². The van der Waals surface area contributed by atoms with Gasteiger partial charge in [-0.05, 0) is 29.1 Å². The number of benzene rings is 1. The Hall–Kier alpha value is -1.64. The van der Waals surface area contributed by atoms with Crippen LogP contribution in [0.25, 0.3) is 0 Å². The first-order valence-electron chi connectivity index (χ1n) is 9.61. The van der Waals surface area contributed by atoms with Crippen molar-refractivity contribution >= 4 is 11.3 Å². The molecule has 0 aliphatic carbocycles. The van der Waals surface area contributed by atoms with E-state index in [4.69, 9.17) is 14.2 Å². The predicted octanol–water partition coefficient (Wildman–Crippen LogP) is 2.46. The Morgan fingerprint density at radius 1 is 1.14 bits per heavy atom. The van der Waals surface area contributed by atoms with Crippen molar-refractivity contribution in [1.82, 2.24) is 9.80 Å². The molecular formula is C21H30N2O4S. The number of aliphatic hydroxyl groups excluding tert-OH is 1. The largest absolute Gasteiger partial charge is 0.493 e. The summed E-state index contributed by atoms with van der Waals surface area (Å²) in [6.45, 7) is 6.11. The maximum absolute atomic E-state index is 10.7. The molecule has 28 heavy (non-hydrogen) atoms. The number of nitrogens with zero attached hydrogens (tertiary/aromatic N) is 2. The fraction of sp³-hybridized carbons (Fsp3) is 0.524. The molecule has 2 aromatic rings. The minimum absolute atomic E-state index is 0.404. The highest BCUT2D eigenvalue weighted by molar-refractivity contribution is 7.09. The van der Waals surface area contributed by atoms with Gasteiger partial charge in [0.1, 0.15) is 0 Å². The van der Waals surface area contributed by atoms with E-state index in [9.17, 15) is 5.11 Å². The summed E-state index contributed by atoms with van der Waals surface area (Å²) >= 11 is 1.74. The summed E-state index contributed by atoms with van der Waals surface area (Å²) in [4.78, 5) is 5.85. The zero-order chi connectivity index (χ0) is 19.8. The van der Waals surface area contributed by atoms with Gasteiger partial charge in [0, 0.05) is 44.1 Å². The predicted molar refractivity (Wildman–Crippen MR) is 111 cm³/mol. The second-order valence-corrected chi connectivity index (χ2v) is 8.04. The van der Waals surface area contributed by atoms with Crippen LogP contribution in [-0.2, 0) is 17.8 Å². The monoisotopic (exact) mass is 406 g/mol. The lowest BCUT2D eigenvalue weighted by atomic mass is 10.1. The second-order valence-electron chi connectivity index (χ2n) is 7.01. The first-order chi connectivity index (χ1) is 13.7. The van der Waals surface area contributed by atoms with Crippen LogP contribution in [0.1, 0.15) is 10.4 Å². The third-order valence-corrected chi connectivity index (χ3v) is 5.72. The van der Waals surface area contributed by atoms with E-state index in [0.29, 0.717) is 13.1 Å². The molecule has 2 heterocycles. The van der Waals surface area contributed by atoms with Crippen molar-refractivity contribution in [2.45, 2.75) is 19.2 Å². The quantitative estimate of drug-likeness (QED) is 0.654. The molecule has 6 nitrogen and oxygen atoms in total. The summed E-state index contributed by atoms with van der Waals surface area (Å²) in [7, 11) is 3.29. The zero-order valence-electron chi connectivity index (χ0n) is 16.7. The van der Waals surface area contributed by atoms with Gasteiger partial charge in [-0.15, -0.1) is 11.3 Å². The molecule has 0 amide bonds. The van der Waals surface area contributed by atoms with Crippen molar-refractivity contribution in [3.05, 3.63) is 46.2 Å². The van der Waals surface area contributed by atoms with Crippen molar-refractivity contribution in [3.63, 3.8) is 0 Å². The number of hydrogen-bond acceptors (Lipinski definition) is 7. The smallest absolute Gasteiger partial charge is 0.161 e. The van der Waals surface area contributed by atoms with Crippen LogP contribution in [0.5, 0.6) is 11.5 Å². The molecular weight excluding hydrogens is 376 g/mol. The van der Waals surface area contributed by atoms with Crippen LogP contribution in [0, 0.1) is 0 Å². The van der Waals surface area contributed by atoms with E-state index in [0.717, 1.165) is 56.5 Å². The fourth-order valence-corrected chi connectivity index (χ4v) is 4.23. The van der Waals surface area contributed by atoms with E-state index in [1.807, 2.05) is 12.1 Å².